The minimum Gasteiger partial charge on any atom is -0.460 e. The number of carbonyl (C=O) groups excluding carboxylic acids is 3. The Morgan fingerprint density at radius 2 is 0.394 bits per heavy atom. The largest absolute Gasteiger partial charge is 0.460 e. The van der Waals surface area contributed by atoms with Crippen molar-refractivity contribution in [3.8, 4) is 0 Å². The number of rotatable bonds is 6. The van der Waals surface area contributed by atoms with Gasteiger partial charge in [-0.3, -0.25) is 14.4 Å². The van der Waals surface area contributed by atoms with E-state index in [2.05, 4.69) is 606 Å². The van der Waals surface area contributed by atoms with Crippen LogP contribution >= 0.6 is 9.24 Å². The van der Waals surface area contributed by atoms with Gasteiger partial charge in [0.1, 0.15) is 17.8 Å². The van der Waals surface area contributed by atoms with E-state index in [1.165, 1.54) is 0 Å². The van der Waals surface area contributed by atoms with Gasteiger partial charge < -0.3 is 19.9 Å². The second-order valence-electron chi connectivity index (χ2n) is 20.9. The van der Waals surface area contributed by atoms with E-state index in [4.69, 9.17) is 19.9 Å². The Hall–Kier alpha value is -23.8. The molecule has 2 rings (SSSR count). The fourth-order valence-electron chi connectivity index (χ4n) is 5.46. The summed E-state index contributed by atoms with van der Waals surface area (Å²) in [5.41, 5.74) is 262. The van der Waals surface area contributed by atoms with Gasteiger partial charge in [0.2, 0.25) is 0 Å². The van der Waals surface area contributed by atoms with Gasteiger partial charge in [-0.05, 0) is 146 Å². The number of Topliss-reactive ketones (excluding diaryl/α,β-unsaturated/α-hetero) is 2. The zero-order valence-corrected chi connectivity index (χ0v) is 70.7. The van der Waals surface area contributed by atoms with Crippen molar-refractivity contribution in [3.63, 3.8) is 0 Å². The molecule has 8 heteroatoms. The van der Waals surface area contributed by atoms with Gasteiger partial charge in [0.25, 0.3) is 0 Å². The number of carbonyl (C=O) groups is 3. The number of ether oxygens (including phenoxy) is 3. The number of hydrogen-bond acceptors (Lipinski definition) is 7. The summed E-state index contributed by atoms with van der Waals surface area (Å²) in [6, 6.07) is -0.375. The van der Waals surface area contributed by atoms with Gasteiger partial charge in [-0.15, -0.1) is 9.24 Å². The molecular formula is C124H40NO6P. The molecule has 7 nitrogen and oxygen atoms in total. The van der Waals surface area contributed by atoms with Crippen LogP contribution in [0.25, 0.3) is 0 Å². The van der Waals surface area contributed by atoms with Crippen LogP contribution in [0.2, 0.25) is 0 Å². The first-order valence-electron chi connectivity index (χ1n) is 35.2. The normalized spacial score (nSPS) is 8.83. The quantitative estimate of drug-likeness (QED) is 0.122. The molecule has 0 amide bonds. The van der Waals surface area contributed by atoms with Crippen LogP contribution in [0, 0.1) is 5.92 Å². The van der Waals surface area contributed by atoms with E-state index in [1.807, 2.05) is 34.6 Å². The number of nitrogens with two attached hydrogens (primary N) is 1. The second kappa shape index (κ2) is 88.0. The molecule has 132 heavy (non-hydrogen) atoms. The lowest BCUT2D eigenvalue weighted by Crippen LogP contribution is -2.31. The average Bonchev–Trinajstić information content (AvgIpc) is 1.67. The maximum absolute atomic E-state index is 11.7. The number of epoxide rings is 2. The third-order valence-corrected chi connectivity index (χ3v) is 10.5. The van der Waals surface area contributed by atoms with Crippen molar-refractivity contribution in [3.05, 3.63) is 603 Å². The zero-order chi connectivity index (χ0) is 95.1. The van der Waals surface area contributed by atoms with Crippen molar-refractivity contribution >= 4 is 26.8 Å². The fourth-order valence-corrected chi connectivity index (χ4v) is 5.54. The molecule has 2 saturated heterocycles. The standard InChI is InChI=1S/C105H5P.C12H20O4.C6H11NO2.CH4/c1-2-3-4-5-6-7-8-9-10-11-12-13-14-15-16-17-18-19-20-21-22-23-24-25-26-27-28-29-30-31-32-33-34-35-36-37-38-39-40-41-42-43-44-45-46-47-48-49-50-51-52-53-54-55-56-57-58-59-60-61-62-63-64-65-66-67-68-69-70-71-72-73-74-75-76-77-78-79-80-81-82-83-84-85-86-87-88-89-90-91-92-93-94-95-96-97-98-99-100-101-102-103-104-105-106;1-7(10(14)11-8(2)15-11)6-9(13)16-12(3,4)5;1-3(7)5(8)6-4(2)9-6;/h105H,1,106H2;7-8,11H,6H2,1-5H3;3-4,6H,7H2,1-2H3;1H4/t;7-,8?,11?;3-,4?,6?;/m.10./s1. The van der Waals surface area contributed by atoms with Crippen LogP contribution in [0.5, 0.6) is 0 Å². The zero-order valence-electron chi connectivity index (χ0n) is 69.6. The van der Waals surface area contributed by atoms with Crippen molar-refractivity contribution in [1.29, 1.82) is 0 Å². The summed E-state index contributed by atoms with van der Waals surface area (Å²) in [6.45, 7) is 15.9. The number of esters is 1. The highest BCUT2D eigenvalue weighted by molar-refractivity contribution is 7.20. The predicted octanol–water partition coefficient (Wildman–Crippen LogP) is 19.0. The van der Waals surface area contributed by atoms with E-state index < -0.39 is 5.60 Å². The van der Waals surface area contributed by atoms with Crippen LogP contribution < -0.4 is 5.73 Å². The lowest BCUT2D eigenvalue weighted by molar-refractivity contribution is -0.157. The first-order chi connectivity index (χ1) is 64.2. The fraction of sp³-hybridized carbons (Fsp3) is 0.129. The summed E-state index contributed by atoms with van der Waals surface area (Å²) in [5.74, 6) is 0.953. The van der Waals surface area contributed by atoms with Crippen molar-refractivity contribution in [2.75, 3.05) is 0 Å². The van der Waals surface area contributed by atoms with Crippen molar-refractivity contribution in [2.24, 2.45) is 11.7 Å². The van der Waals surface area contributed by atoms with Crippen molar-refractivity contribution < 1.29 is 28.6 Å². The molecule has 2 N–H and O–H groups in total. The Morgan fingerprint density at radius 3 is 0.492 bits per heavy atom. The Morgan fingerprint density at radius 1 is 0.273 bits per heavy atom. The minimum absolute atomic E-state index is 0. The topological polar surface area (TPSA) is 112 Å². The molecule has 0 aromatic carbocycles. The second-order valence-corrected chi connectivity index (χ2v) is 21.3. The van der Waals surface area contributed by atoms with Gasteiger partial charge in [0, 0.05) is 493 Å². The first-order valence-corrected chi connectivity index (χ1v) is 35.8. The average molecular weight is 1670 g/mol. The van der Waals surface area contributed by atoms with Crippen LogP contribution in [0.4, 0.5) is 0 Å². The van der Waals surface area contributed by atoms with Crippen LogP contribution in [-0.4, -0.2) is 53.6 Å². The summed E-state index contributed by atoms with van der Waals surface area (Å²) < 4.78 is 15.1. The van der Waals surface area contributed by atoms with E-state index >= 15 is 0 Å². The van der Waals surface area contributed by atoms with Gasteiger partial charge in [0.15, 0.2) is 11.6 Å². The Kier molecular flexibility index (Phi) is 73.5. The highest BCUT2D eigenvalue weighted by Gasteiger charge is 2.43. The highest BCUT2D eigenvalue weighted by Crippen LogP contribution is 2.26. The molecule has 0 aromatic rings. The Balaban J connectivity index is 0. The van der Waals surface area contributed by atoms with E-state index in [0.717, 1.165) is 0 Å². The van der Waals surface area contributed by atoms with Gasteiger partial charge in [0.05, 0.1) is 24.7 Å². The summed E-state index contributed by atoms with van der Waals surface area (Å²) in [4.78, 5) is 34.0. The van der Waals surface area contributed by atoms with Gasteiger partial charge in [-0.2, -0.15) is 0 Å². The maximum Gasteiger partial charge on any atom is 0.307 e. The summed E-state index contributed by atoms with van der Waals surface area (Å²) in [6.07, 6.45) is -0.276. The lowest BCUT2D eigenvalue weighted by Gasteiger charge is -2.20. The molecular weight excluding hydrogens is 1630 g/mol. The number of ketones is 2. The van der Waals surface area contributed by atoms with E-state index in [9.17, 15) is 14.4 Å². The molecule has 5 unspecified atom stereocenters. The molecule has 0 saturated carbocycles. The summed E-state index contributed by atoms with van der Waals surface area (Å²) in [7, 11) is 2.35. The Labute approximate surface area is 762 Å². The predicted molar refractivity (Wildman–Crippen MR) is 480 cm³/mol. The molecule has 0 radical (unpaired) electrons. The number of hydrogen-bond donors (Lipinski definition) is 1. The molecule has 0 bridgehead atoms. The van der Waals surface area contributed by atoms with Gasteiger partial charge >= 0.3 is 5.97 Å². The van der Waals surface area contributed by atoms with Gasteiger partial charge in [-0.25, -0.2) is 0 Å². The van der Waals surface area contributed by atoms with Gasteiger partial charge in [-0.1, -0.05) is 25.8 Å². The van der Waals surface area contributed by atoms with Crippen LogP contribution in [0.1, 0.15) is 62.3 Å². The molecule has 2 fully saturated rings. The van der Waals surface area contributed by atoms with E-state index in [0.29, 0.717) is 0 Å². The smallest absolute Gasteiger partial charge is 0.307 e. The third-order valence-electron chi connectivity index (χ3n) is 10.3. The summed E-state index contributed by atoms with van der Waals surface area (Å²) >= 11 is 0. The first kappa shape index (κ1) is 110. The van der Waals surface area contributed by atoms with Crippen LogP contribution in [0.3, 0.4) is 0 Å². The molecule has 0 aromatic heterocycles. The SMILES string of the molecule is C.C=C=C=C=C=C=C=C=C=C=C=C=C=C=C=C=C=C=C=C=C=C=C=C=C=C=C=C=C=C=C=C=C=C=C=C=C=C=C=C=C=C=C=C=C=C=C=C=C=C=C=C=C=C=C=C=C=C=C=C=C=C=C=C=C=C=C=C=C=C=C=C=C=C=C=C=C=C=C=C=C=C=C=C=C=C=C=C=C=C=C=C=C=C=C=C=C=C=C=C=C=C=C=C=CP.CC1OC1C(=O)[C@H](C)CC(=O)OC(C)(C)C.CC1OC1C(=O)[C@H](C)N. The summed E-state index contributed by atoms with van der Waals surface area (Å²) in [5, 5.41) is 0. The molecule has 0 aliphatic carbocycles. The monoisotopic (exact) mass is 1670 g/mol. The minimum atomic E-state index is -0.497. The molecule has 0 spiro atoms. The maximum atomic E-state index is 11.7. The molecule has 2 aliphatic heterocycles. The lowest BCUT2D eigenvalue weighted by atomic mass is 9.99. The molecule has 7 atom stereocenters. The van der Waals surface area contributed by atoms with E-state index in [1.54, 1.807) is 19.7 Å². The molecule has 582 valence electrons. The molecule has 2 heterocycles. The highest BCUT2D eigenvalue weighted by atomic mass is 31.0. The molecule has 2 aliphatic rings. The van der Waals surface area contributed by atoms with Crippen molar-refractivity contribution in [2.45, 2.75) is 98.4 Å². The Bertz CT molecular complexity index is 9450. The third kappa shape index (κ3) is 87.0. The van der Waals surface area contributed by atoms with Crippen LogP contribution in [0.15, 0.2) is 603 Å². The van der Waals surface area contributed by atoms with E-state index in [-0.39, 0.29) is 67.8 Å². The van der Waals surface area contributed by atoms with Crippen LogP contribution in [-0.2, 0) is 28.6 Å². The van der Waals surface area contributed by atoms with Crippen molar-refractivity contribution in [1.82, 2.24) is 0 Å².